The molecule has 0 saturated heterocycles. The van der Waals surface area contributed by atoms with Crippen LogP contribution in [-0.2, 0) is 0 Å². The lowest BCUT2D eigenvalue weighted by Gasteiger charge is -2.22. The number of amidine groups is 1. The molecular weight excluding hydrogens is 224 g/mol. The van der Waals surface area contributed by atoms with Crippen molar-refractivity contribution in [3.8, 4) is 0 Å². The maximum atomic E-state index is 9.57. The van der Waals surface area contributed by atoms with Crippen LogP contribution in [0.4, 0.5) is 0 Å². The van der Waals surface area contributed by atoms with Crippen LogP contribution >= 0.6 is 0 Å². The first-order valence-electron chi connectivity index (χ1n) is 7.38. The van der Waals surface area contributed by atoms with E-state index in [0.29, 0.717) is 0 Å². The van der Waals surface area contributed by atoms with Gasteiger partial charge in [-0.2, -0.15) is 0 Å². The molecule has 0 spiro atoms. The second-order valence-corrected chi connectivity index (χ2v) is 5.00. The van der Waals surface area contributed by atoms with Gasteiger partial charge in [-0.15, -0.1) is 0 Å². The van der Waals surface area contributed by atoms with Crippen LogP contribution < -0.4 is 0 Å². The van der Waals surface area contributed by atoms with Crippen LogP contribution in [0.25, 0.3) is 0 Å². The molecule has 0 radical (unpaired) electrons. The highest BCUT2D eigenvalue weighted by molar-refractivity contribution is 5.85. The topological polar surface area (TPSA) is 35.8 Å². The second-order valence-electron chi connectivity index (χ2n) is 5.00. The van der Waals surface area contributed by atoms with E-state index in [1.54, 1.807) is 6.92 Å². The van der Waals surface area contributed by atoms with Crippen molar-refractivity contribution in [1.29, 1.82) is 0 Å². The highest BCUT2D eigenvalue weighted by Gasteiger charge is 2.18. The van der Waals surface area contributed by atoms with Gasteiger partial charge in [-0.25, -0.2) is 0 Å². The number of allylic oxidation sites excluding steroid dienone is 1. The smallest absolute Gasteiger partial charge is 0.125 e. The minimum absolute atomic E-state index is 0.409. The molecule has 1 heterocycles. The monoisotopic (exact) mass is 252 g/mol. The summed E-state index contributed by atoms with van der Waals surface area (Å²) in [5.74, 6) is 1.03. The van der Waals surface area contributed by atoms with Crippen LogP contribution in [0.2, 0.25) is 0 Å². The molecule has 0 aliphatic carbocycles. The van der Waals surface area contributed by atoms with Gasteiger partial charge in [0, 0.05) is 13.0 Å². The van der Waals surface area contributed by atoms with E-state index in [9.17, 15) is 5.11 Å². The Bertz CT molecular complexity index is 272. The Labute approximate surface area is 112 Å². The van der Waals surface area contributed by atoms with Gasteiger partial charge in [0.05, 0.1) is 6.54 Å². The molecule has 0 bridgehead atoms. The Hall–Kier alpha value is -0.830. The fourth-order valence-electron chi connectivity index (χ4n) is 2.26. The second kappa shape index (κ2) is 9.15. The van der Waals surface area contributed by atoms with Gasteiger partial charge in [-0.1, -0.05) is 44.8 Å². The summed E-state index contributed by atoms with van der Waals surface area (Å²) in [5, 5.41) is 9.57. The first-order valence-corrected chi connectivity index (χ1v) is 7.38. The van der Waals surface area contributed by atoms with E-state index in [-0.39, 0.29) is 0 Å². The molecule has 0 saturated carbocycles. The number of nitrogens with zero attached hydrogens (tertiary/aromatic N) is 2. The standard InChI is InChI=1S/C15H28N2O/c1-3-4-5-6-7-8-9-10-11-15-16-12-13-17(15)14(2)18/h9-10,14,18H,3-8,11-13H2,1-2H3/b10-9+. The van der Waals surface area contributed by atoms with Crippen LogP contribution in [0, 0.1) is 0 Å². The van der Waals surface area contributed by atoms with E-state index in [1.807, 2.05) is 4.90 Å². The summed E-state index contributed by atoms with van der Waals surface area (Å²) in [7, 11) is 0. The maximum absolute atomic E-state index is 9.57. The molecule has 3 nitrogen and oxygen atoms in total. The normalized spacial score (nSPS) is 17.5. The molecule has 1 aliphatic rings. The number of hydrogen-bond acceptors (Lipinski definition) is 3. The Kier molecular flexibility index (Phi) is 7.74. The summed E-state index contributed by atoms with van der Waals surface area (Å²) in [6.45, 7) is 5.73. The SMILES string of the molecule is CCCCCCC/C=C/CC1=NCCN1C(C)O. The van der Waals surface area contributed by atoms with Gasteiger partial charge in [0.15, 0.2) is 0 Å². The number of aliphatic hydroxyl groups excluding tert-OH is 1. The van der Waals surface area contributed by atoms with E-state index in [1.165, 1.54) is 38.5 Å². The van der Waals surface area contributed by atoms with Gasteiger partial charge < -0.3 is 10.0 Å². The van der Waals surface area contributed by atoms with E-state index in [0.717, 1.165) is 25.3 Å². The van der Waals surface area contributed by atoms with Crippen molar-refractivity contribution in [3.63, 3.8) is 0 Å². The molecular formula is C15H28N2O. The third kappa shape index (κ3) is 5.67. The Morgan fingerprint density at radius 3 is 2.78 bits per heavy atom. The minimum atomic E-state index is -0.409. The molecule has 1 unspecified atom stereocenters. The average Bonchev–Trinajstić information content (AvgIpc) is 2.81. The zero-order valence-electron chi connectivity index (χ0n) is 11.9. The minimum Gasteiger partial charge on any atom is -0.374 e. The maximum Gasteiger partial charge on any atom is 0.125 e. The number of aliphatic hydroxyl groups is 1. The molecule has 1 aliphatic heterocycles. The van der Waals surface area contributed by atoms with E-state index in [2.05, 4.69) is 24.1 Å². The molecule has 0 aromatic carbocycles. The van der Waals surface area contributed by atoms with Gasteiger partial charge in [0.2, 0.25) is 0 Å². The van der Waals surface area contributed by atoms with E-state index in [4.69, 9.17) is 0 Å². The predicted molar refractivity (Wildman–Crippen MR) is 77.8 cm³/mol. The Balaban J connectivity index is 2.09. The van der Waals surface area contributed by atoms with Crippen molar-refractivity contribution in [1.82, 2.24) is 4.90 Å². The molecule has 1 rings (SSSR count). The molecule has 1 N–H and O–H groups in total. The Morgan fingerprint density at radius 1 is 1.28 bits per heavy atom. The van der Waals surface area contributed by atoms with Crippen molar-refractivity contribution in [2.75, 3.05) is 13.1 Å². The zero-order valence-corrected chi connectivity index (χ0v) is 11.9. The lowest BCUT2D eigenvalue weighted by molar-refractivity contribution is 0.0771. The van der Waals surface area contributed by atoms with Crippen molar-refractivity contribution < 1.29 is 5.11 Å². The summed E-state index contributed by atoms with van der Waals surface area (Å²) in [6.07, 6.45) is 12.8. The quantitative estimate of drug-likeness (QED) is 0.504. The molecule has 18 heavy (non-hydrogen) atoms. The van der Waals surface area contributed by atoms with Gasteiger partial charge in [0.25, 0.3) is 0 Å². The summed E-state index contributed by atoms with van der Waals surface area (Å²) >= 11 is 0. The lowest BCUT2D eigenvalue weighted by atomic mass is 10.1. The first-order chi connectivity index (χ1) is 8.75. The van der Waals surface area contributed by atoms with Crippen LogP contribution in [0.3, 0.4) is 0 Å². The van der Waals surface area contributed by atoms with Gasteiger partial charge in [-0.3, -0.25) is 4.99 Å². The number of hydrogen-bond donors (Lipinski definition) is 1. The largest absolute Gasteiger partial charge is 0.374 e. The third-order valence-electron chi connectivity index (χ3n) is 3.36. The van der Waals surface area contributed by atoms with Crippen LogP contribution in [0.15, 0.2) is 17.1 Å². The Morgan fingerprint density at radius 2 is 2.06 bits per heavy atom. The first kappa shape index (κ1) is 15.2. The van der Waals surface area contributed by atoms with Crippen LogP contribution in [0.1, 0.15) is 58.8 Å². The van der Waals surface area contributed by atoms with E-state index >= 15 is 0 Å². The van der Waals surface area contributed by atoms with Crippen molar-refractivity contribution in [3.05, 3.63) is 12.2 Å². The number of rotatable bonds is 9. The summed E-state index contributed by atoms with van der Waals surface area (Å²) in [5.41, 5.74) is 0. The molecule has 0 aromatic rings. The summed E-state index contributed by atoms with van der Waals surface area (Å²) < 4.78 is 0. The zero-order chi connectivity index (χ0) is 13.2. The van der Waals surface area contributed by atoms with Gasteiger partial charge >= 0.3 is 0 Å². The summed E-state index contributed by atoms with van der Waals surface area (Å²) in [4.78, 5) is 6.41. The fraction of sp³-hybridized carbons (Fsp3) is 0.800. The predicted octanol–water partition coefficient (Wildman–Crippen LogP) is 3.35. The highest BCUT2D eigenvalue weighted by Crippen LogP contribution is 2.10. The van der Waals surface area contributed by atoms with Crippen LogP contribution in [-0.4, -0.2) is 35.2 Å². The third-order valence-corrected chi connectivity index (χ3v) is 3.36. The molecule has 1 atom stereocenters. The molecule has 104 valence electrons. The average molecular weight is 252 g/mol. The molecule has 3 heteroatoms. The van der Waals surface area contributed by atoms with Crippen molar-refractivity contribution in [2.45, 2.75) is 65.0 Å². The molecule has 0 fully saturated rings. The fourth-order valence-corrected chi connectivity index (χ4v) is 2.26. The van der Waals surface area contributed by atoms with Crippen molar-refractivity contribution in [2.24, 2.45) is 4.99 Å². The molecule has 0 amide bonds. The number of unbranched alkanes of at least 4 members (excludes halogenated alkanes) is 5. The van der Waals surface area contributed by atoms with Gasteiger partial charge in [0.1, 0.15) is 12.1 Å². The summed E-state index contributed by atoms with van der Waals surface area (Å²) in [6, 6.07) is 0. The number of aliphatic imine (C=N–C) groups is 1. The lowest BCUT2D eigenvalue weighted by Crippen LogP contribution is -2.35. The van der Waals surface area contributed by atoms with Gasteiger partial charge in [-0.05, 0) is 19.8 Å². The molecule has 0 aromatic heterocycles. The van der Waals surface area contributed by atoms with Crippen molar-refractivity contribution >= 4 is 5.84 Å². The van der Waals surface area contributed by atoms with Crippen LogP contribution in [0.5, 0.6) is 0 Å². The van der Waals surface area contributed by atoms with E-state index < -0.39 is 6.23 Å². The highest BCUT2D eigenvalue weighted by atomic mass is 16.3.